The molecular weight excluding hydrogens is 502 g/mol. The molecule has 0 saturated carbocycles. The Bertz CT molecular complexity index is 1040. The quantitative estimate of drug-likeness (QED) is 0.267. The topological polar surface area (TPSA) is 137 Å². The molecule has 0 saturated heterocycles. The first-order valence-corrected chi connectivity index (χ1v) is 10.9. The third-order valence-electron chi connectivity index (χ3n) is 4.27. The first kappa shape index (κ1) is 23.9. The number of rotatable bonds is 10. The van der Waals surface area contributed by atoms with Gasteiger partial charge in [-0.1, -0.05) is 11.6 Å². The SMILES string of the molecule is C[C@@H](O)[C@@H](C)Nc1nc(Nc2ccc(Nc3ncc(Cl)c(OCCO)n3)cc2)ncc1Br. The fourth-order valence-electron chi connectivity index (χ4n) is 2.42. The van der Waals surface area contributed by atoms with Crippen LogP contribution in [0.3, 0.4) is 0 Å². The van der Waals surface area contributed by atoms with Gasteiger partial charge in [0.05, 0.1) is 29.4 Å². The van der Waals surface area contributed by atoms with E-state index in [0.717, 1.165) is 11.4 Å². The lowest BCUT2D eigenvalue weighted by Crippen LogP contribution is -2.28. The van der Waals surface area contributed by atoms with Crippen molar-refractivity contribution in [1.82, 2.24) is 19.9 Å². The number of nitrogens with one attached hydrogen (secondary N) is 3. The van der Waals surface area contributed by atoms with Crippen molar-refractivity contribution >= 4 is 56.6 Å². The molecule has 0 aliphatic carbocycles. The van der Waals surface area contributed by atoms with Gasteiger partial charge in [-0.3, -0.25) is 0 Å². The Kier molecular flexibility index (Phi) is 8.39. The zero-order valence-electron chi connectivity index (χ0n) is 17.4. The third-order valence-corrected chi connectivity index (χ3v) is 5.11. The number of aromatic nitrogens is 4. The largest absolute Gasteiger partial charge is 0.474 e. The van der Waals surface area contributed by atoms with Crippen molar-refractivity contribution in [1.29, 1.82) is 0 Å². The molecule has 0 aliphatic heterocycles. The highest BCUT2D eigenvalue weighted by molar-refractivity contribution is 9.10. The van der Waals surface area contributed by atoms with E-state index in [1.807, 2.05) is 31.2 Å². The highest BCUT2D eigenvalue weighted by atomic mass is 79.9. The lowest BCUT2D eigenvalue weighted by atomic mass is 10.2. The van der Waals surface area contributed by atoms with Crippen LogP contribution in [0.25, 0.3) is 0 Å². The minimum Gasteiger partial charge on any atom is -0.474 e. The summed E-state index contributed by atoms with van der Waals surface area (Å²) in [5.74, 6) is 1.48. The zero-order valence-corrected chi connectivity index (χ0v) is 19.7. The van der Waals surface area contributed by atoms with Crippen LogP contribution in [0.1, 0.15) is 13.8 Å². The first-order valence-electron chi connectivity index (χ1n) is 9.73. The molecule has 5 N–H and O–H groups in total. The van der Waals surface area contributed by atoms with Gasteiger partial charge in [0, 0.05) is 17.6 Å². The van der Waals surface area contributed by atoms with Crippen molar-refractivity contribution < 1.29 is 14.9 Å². The second-order valence-corrected chi connectivity index (χ2v) is 8.07. The molecule has 2 aromatic heterocycles. The predicted octanol–water partition coefficient (Wildman–Crippen LogP) is 3.72. The summed E-state index contributed by atoms with van der Waals surface area (Å²) in [6, 6.07) is 7.19. The number of aliphatic hydroxyl groups excluding tert-OH is 2. The summed E-state index contributed by atoms with van der Waals surface area (Å²) in [5, 5.41) is 28.2. The maximum absolute atomic E-state index is 9.70. The summed E-state index contributed by atoms with van der Waals surface area (Å²) >= 11 is 9.41. The van der Waals surface area contributed by atoms with Gasteiger partial charge in [0.1, 0.15) is 17.4 Å². The number of benzene rings is 1. The van der Waals surface area contributed by atoms with Gasteiger partial charge in [0.25, 0.3) is 0 Å². The fourth-order valence-corrected chi connectivity index (χ4v) is 2.87. The Morgan fingerprint density at radius 2 is 1.62 bits per heavy atom. The monoisotopic (exact) mass is 523 g/mol. The van der Waals surface area contributed by atoms with Gasteiger partial charge in [0.2, 0.25) is 17.8 Å². The minimum atomic E-state index is -0.532. The Labute approximate surface area is 198 Å². The van der Waals surface area contributed by atoms with Gasteiger partial charge >= 0.3 is 0 Å². The van der Waals surface area contributed by atoms with Crippen LogP contribution in [-0.4, -0.2) is 55.5 Å². The Morgan fingerprint density at radius 3 is 2.22 bits per heavy atom. The van der Waals surface area contributed by atoms with Crippen molar-refractivity contribution in [2.45, 2.75) is 26.0 Å². The minimum absolute atomic E-state index is 0.0871. The number of halogens is 2. The lowest BCUT2D eigenvalue weighted by Gasteiger charge is -2.18. The third kappa shape index (κ3) is 6.63. The van der Waals surface area contributed by atoms with E-state index in [4.69, 9.17) is 21.4 Å². The Balaban J connectivity index is 1.66. The van der Waals surface area contributed by atoms with E-state index < -0.39 is 6.10 Å². The van der Waals surface area contributed by atoms with E-state index in [1.165, 1.54) is 6.20 Å². The predicted molar refractivity (Wildman–Crippen MR) is 127 cm³/mol. The van der Waals surface area contributed by atoms with E-state index >= 15 is 0 Å². The summed E-state index contributed by atoms with van der Waals surface area (Å²) in [5.41, 5.74) is 1.52. The normalized spacial score (nSPS) is 12.7. The number of aliphatic hydroxyl groups is 2. The molecule has 2 atom stereocenters. The summed E-state index contributed by atoms with van der Waals surface area (Å²) in [6.45, 7) is 3.52. The average molecular weight is 525 g/mol. The molecule has 170 valence electrons. The zero-order chi connectivity index (χ0) is 23.1. The van der Waals surface area contributed by atoms with Gasteiger partial charge < -0.3 is 30.9 Å². The molecule has 0 aliphatic rings. The summed E-state index contributed by atoms with van der Waals surface area (Å²) < 4.78 is 5.98. The highest BCUT2D eigenvalue weighted by Crippen LogP contribution is 2.26. The van der Waals surface area contributed by atoms with Crippen molar-refractivity contribution in [2.24, 2.45) is 0 Å². The molecule has 12 heteroatoms. The molecular formula is C20H23BrClN7O3. The maximum Gasteiger partial charge on any atom is 0.237 e. The van der Waals surface area contributed by atoms with Gasteiger partial charge in [-0.05, 0) is 54.0 Å². The van der Waals surface area contributed by atoms with E-state index in [0.29, 0.717) is 22.2 Å². The molecule has 32 heavy (non-hydrogen) atoms. The second kappa shape index (κ2) is 11.2. The fraction of sp³-hybridized carbons (Fsp3) is 0.300. The molecule has 3 rings (SSSR count). The number of hydrogen-bond acceptors (Lipinski definition) is 10. The van der Waals surface area contributed by atoms with Crippen LogP contribution in [0.4, 0.5) is 29.1 Å². The van der Waals surface area contributed by atoms with Gasteiger partial charge in [0.15, 0.2) is 0 Å². The van der Waals surface area contributed by atoms with Crippen LogP contribution >= 0.6 is 27.5 Å². The summed E-state index contributed by atoms with van der Waals surface area (Å²) in [6.07, 6.45) is 2.53. The standard InChI is InChI=1S/C20H23BrClN7O3/c1-11(12(2)31)25-17-15(21)9-23-19(28-17)26-13-3-5-14(6-4-13)27-20-24-10-16(22)18(29-20)32-8-7-30/h3-6,9-12,30-31H,7-8H2,1-2H3,(H,24,27,29)(H2,23,25,26,28)/t11-,12-/m1/s1. The molecule has 1 aromatic carbocycles. The maximum atomic E-state index is 9.70. The van der Waals surface area contributed by atoms with Crippen molar-refractivity contribution in [3.05, 3.63) is 46.2 Å². The number of ether oxygens (including phenoxy) is 1. The molecule has 0 fully saturated rings. The molecule has 2 heterocycles. The average Bonchev–Trinajstić information content (AvgIpc) is 2.77. The van der Waals surface area contributed by atoms with Crippen molar-refractivity contribution in [2.75, 3.05) is 29.2 Å². The van der Waals surface area contributed by atoms with Crippen LogP contribution in [0.5, 0.6) is 5.88 Å². The van der Waals surface area contributed by atoms with Crippen LogP contribution in [-0.2, 0) is 0 Å². The van der Waals surface area contributed by atoms with Crippen molar-refractivity contribution in [3.8, 4) is 5.88 Å². The van der Waals surface area contributed by atoms with Crippen molar-refractivity contribution in [3.63, 3.8) is 0 Å². The first-order chi connectivity index (χ1) is 15.4. The highest BCUT2D eigenvalue weighted by Gasteiger charge is 2.13. The Hall–Kier alpha value is -2.73. The van der Waals surface area contributed by atoms with Crippen LogP contribution < -0.4 is 20.7 Å². The molecule has 10 nitrogen and oxygen atoms in total. The van der Waals surface area contributed by atoms with Crippen LogP contribution in [0.15, 0.2) is 41.1 Å². The molecule has 0 spiro atoms. The lowest BCUT2D eigenvalue weighted by molar-refractivity contribution is 0.177. The van der Waals surface area contributed by atoms with Crippen LogP contribution in [0, 0.1) is 0 Å². The van der Waals surface area contributed by atoms with Gasteiger partial charge in [-0.25, -0.2) is 9.97 Å². The van der Waals surface area contributed by atoms with Crippen LogP contribution in [0.2, 0.25) is 5.02 Å². The van der Waals surface area contributed by atoms with E-state index in [2.05, 4.69) is 51.8 Å². The smallest absolute Gasteiger partial charge is 0.237 e. The number of anilines is 5. The Morgan fingerprint density at radius 1 is 1.03 bits per heavy atom. The van der Waals surface area contributed by atoms with Gasteiger partial charge in [-0.2, -0.15) is 9.97 Å². The summed E-state index contributed by atoms with van der Waals surface area (Å²) in [7, 11) is 0. The van der Waals surface area contributed by atoms with E-state index in [1.54, 1.807) is 13.1 Å². The molecule has 0 unspecified atom stereocenters. The molecule has 0 bridgehead atoms. The van der Waals surface area contributed by atoms with Gasteiger partial charge in [-0.15, -0.1) is 0 Å². The summed E-state index contributed by atoms with van der Waals surface area (Å²) in [4.78, 5) is 17.0. The van der Waals surface area contributed by atoms with E-state index in [9.17, 15) is 5.11 Å². The molecule has 0 radical (unpaired) electrons. The van der Waals surface area contributed by atoms with E-state index in [-0.39, 0.29) is 30.2 Å². The molecule has 3 aromatic rings. The second-order valence-electron chi connectivity index (χ2n) is 6.81. The number of nitrogens with zero attached hydrogens (tertiary/aromatic N) is 4. The number of hydrogen-bond donors (Lipinski definition) is 5. The molecule has 0 amide bonds.